The van der Waals surface area contributed by atoms with E-state index in [1.54, 1.807) is 28.4 Å². The second kappa shape index (κ2) is 6.29. The zero-order valence-corrected chi connectivity index (χ0v) is 14.2. The summed E-state index contributed by atoms with van der Waals surface area (Å²) in [6, 6.07) is 4.24. The third-order valence-electron chi connectivity index (χ3n) is 3.62. The summed E-state index contributed by atoms with van der Waals surface area (Å²) >= 11 is 5.26. The van der Waals surface area contributed by atoms with Crippen LogP contribution in [0.1, 0.15) is 15.2 Å². The van der Waals surface area contributed by atoms with Gasteiger partial charge in [0.1, 0.15) is 0 Å². The van der Waals surface area contributed by atoms with Crippen LogP contribution in [0.15, 0.2) is 28.3 Å². The number of hydrogen-bond acceptors (Lipinski definition) is 4. The Balaban J connectivity index is 1.54. The van der Waals surface area contributed by atoms with E-state index in [0.717, 1.165) is 32.7 Å². The number of nitrogens with zero attached hydrogens (tertiary/aromatic N) is 4. The monoisotopic (exact) mass is 368 g/mol. The molecule has 1 amide bonds. The molecule has 0 aliphatic carbocycles. The molecule has 1 aliphatic rings. The zero-order chi connectivity index (χ0) is 14.8. The molecule has 0 bridgehead atoms. The Labute approximate surface area is 136 Å². The second-order valence-corrected chi connectivity index (χ2v) is 7.72. The lowest BCUT2D eigenvalue weighted by Crippen LogP contribution is -2.48. The van der Waals surface area contributed by atoms with Crippen LogP contribution in [0.3, 0.4) is 0 Å². The first-order chi connectivity index (χ1) is 10.1. The Bertz CT molecular complexity index is 630. The third kappa shape index (κ3) is 3.53. The minimum atomic E-state index is 0.0848. The highest BCUT2D eigenvalue weighted by molar-refractivity contribution is 9.11. The Morgan fingerprint density at radius 3 is 2.67 bits per heavy atom. The minimum absolute atomic E-state index is 0.0848. The summed E-state index contributed by atoms with van der Waals surface area (Å²) in [5, 5.41) is 4.06. The van der Waals surface area contributed by atoms with Crippen LogP contribution < -0.4 is 0 Å². The first kappa shape index (κ1) is 14.7. The largest absolute Gasteiger partial charge is 0.336 e. The van der Waals surface area contributed by atoms with Crippen LogP contribution in [-0.4, -0.2) is 51.7 Å². The van der Waals surface area contributed by atoms with Gasteiger partial charge in [0.25, 0.3) is 5.91 Å². The summed E-state index contributed by atoms with van der Waals surface area (Å²) in [7, 11) is 1.83. The van der Waals surface area contributed by atoms with E-state index in [4.69, 9.17) is 0 Å². The molecule has 0 aromatic carbocycles. The number of amides is 1. The third-order valence-corrected chi connectivity index (χ3v) is 5.23. The number of piperazine rings is 1. The second-order valence-electron chi connectivity index (χ2n) is 5.18. The fraction of sp³-hybridized carbons (Fsp3) is 0.429. The van der Waals surface area contributed by atoms with Gasteiger partial charge in [-0.05, 0) is 28.1 Å². The molecule has 1 saturated heterocycles. The van der Waals surface area contributed by atoms with Crippen LogP contribution in [0.25, 0.3) is 0 Å². The highest BCUT2D eigenvalue weighted by Gasteiger charge is 2.23. The van der Waals surface area contributed by atoms with Gasteiger partial charge < -0.3 is 4.90 Å². The predicted octanol–water partition coefficient (Wildman–Crippen LogP) is 2.20. The quantitative estimate of drug-likeness (QED) is 0.833. The Morgan fingerprint density at radius 1 is 1.33 bits per heavy atom. The lowest BCUT2D eigenvalue weighted by Gasteiger charge is -2.34. The van der Waals surface area contributed by atoms with Crippen LogP contribution >= 0.6 is 27.3 Å². The molecule has 0 N–H and O–H groups in total. The molecule has 3 heterocycles. The van der Waals surface area contributed by atoms with Gasteiger partial charge in [0, 0.05) is 50.8 Å². The molecule has 21 heavy (non-hydrogen) atoms. The number of halogens is 1. The fourth-order valence-electron chi connectivity index (χ4n) is 2.48. The Hall–Kier alpha value is -1.18. The van der Waals surface area contributed by atoms with Crippen molar-refractivity contribution in [2.45, 2.75) is 6.54 Å². The summed E-state index contributed by atoms with van der Waals surface area (Å²) in [5.41, 5.74) is 0.674. The summed E-state index contributed by atoms with van der Waals surface area (Å²) in [6.45, 7) is 4.36. The summed E-state index contributed by atoms with van der Waals surface area (Å²) in [4.78, 5) is 18.0. The standard InChI is InChI=1S/C14H17BrN4OS/c1-17-9-11(8-16-17)14(20)19-6-4-18(5-7-19)10-12-2-3-13(15)21-12/h2-3,8-9H,4-7,10H2,1H3. The summed E-state index contributed by atoms with van der Waals surface area (Å²) in [6.07, 6.45) is 3.41. The average Bonchev–Trinajstić information content (AvgIpc) is 3.08. The number of thiophene rings is 1. The molecule has 0 saturated carbocycles. The Morgan fingerprint density at radius 2 is 2.10 bits per heavy atom. The summed E-state index contributed by atoms with van der Waals surface area (Å²) in [5.74, 6) is 0.0848. The molecule has 1 fully saturated rings. The lowest BCUT2D eigenvalue weighted by molar-refractivity contribution is 0.0629. The maximum absolute atomic E-state index is 12.3. The first-order valence-corrected chi connectivity index (χ1v) is 8.47. The zero-order valence-electron chi connectivity index (χ0n) is 11.8. The molecule has 2 aromatic rings. The molecule has 0 radical (unpaired) electrons. The van der Waals surface area contributed by atoms with Gasteiger partial charge in [-0.2, -0.15) is 5.10 Å². The van der Waals surface area contributed by atoms with Crippen molar-refractivity contribution in [3.63, 3.8) is 0 Å². The van der Waals surface area contributed by atoms with Crippen LogP contribution in [0.2, 0.25) is 0 Å². The van der Waals surface area contributed by atoms with Crippen LogP contribution in [-0.2, 0) is 13.6 Å². The molecule has 2 aromatic heterocycles. The maximum atomic E-state index is 12.3. The maximum Gasteiger partial charge on any atom is 0.257 e. The number of aryl methyl sites for hydroxylation is 1. The normalized spacial score (nSPS) is 16.4. The molecule has 0 unspecified atom stereocenters. The van der Waals surface area contributed by atoms with Gasteiger partial charge in [0.05, 0.1) is 15.5 Å². The highest BCUT2D eigenvalue weighted by atomic mass is 79.9. The Kier molecular flexibility index (Phi) is 4.42. The van der Waals surface area contributed by atoms with E-state index in [0.29, 0.717) is 5.56 Å². The van der Waals surface area contributed by atoms with Gasteiger partial charge >= 0.3 is 0 Å². The molecule has 0 atom stereocenters. The number of carbonyl (C=O) groups excluding carboxylic acids is 1. The molecule has 1 aliphatic heterocycles. The van der Waals surface area contributed by atoms with Gasteiger partial charge in [-0.25, -0.2) is 0 Å². The molecular weight excluding hydrogens is 352 g/mol. The SMILES string of the molecule is Cn1cc(C(=O)N2CCN(Cc3ccc(Br)s3)CC2)cn1. The molecule has 112 valence electrons. The number of aromatic nitrogens is 2. The lowest BCUT2D eigenvalue weighted by atomic mass is 10.2. The number of carbonyl (C=O) groups is 1. The van der Waals surface area contributed by atoms with E-state index >= 15 is 0 Å². The van der Waals surface area contributed by atoms with Crippen LogP contribution in [0.4, 0.5) is 0 Å². The van der Waals surface area contributed by atoms with Crippen LogP contribution in [0.5, 0.6) is 0 Å². The van der Waals surface area contributed by atoms with Gasteiger partial charge in [0.2, 0.25) is 0 Å². The van der Waals surface area contributed by atoms with Crippen molar-refractivity contribution in [3.8, 4) is 0 Å². The van der Waals surface area contributed by atoms with E-state index in [-0.39, 0.29) is 5.91 Å². The van der Waals surface area contributed by atoms with Crippen molar-refractivity contribution < 1.29 is 4.79 Å². The van der Waals surface area contributed by atoms with E-state index in [1.807, 2.05) is 11.9 Å². The van der Waals surface area contributed by atoms with Crippen molar-refractivity contribution in [3.05, 3.63) is 38.8 Å². The molecule has 5 nitrogen and oxygen atoms in total. The van der Waals surface area contributed by atoms with Crippen LogP contribution in [0, 0.1) is 0 Å². The topological polar surface area (TPSA) is 41.4 Å². The fourth-order valence-corrected chi connectivity index (χ4v) is 4.01. The number of hydrogen-bond donors (Lipinski definition) is 0. The summed E-state index contributed by atoms with van der Waals surface area (Å²) < 4.78 is 2.83. The highest BCUT2D eigenvalue weighted by Crippen LogP contribution is 2.23. The number of rotatable bonds is 3. The van der Waals surface area contributed by atoms with Crippen molar-refractivity contribution in [2.24, 2.45) is 7.05 Å². The molecule has 7 heteroatoms. The van der Waals surface area contributed by atoms with Gasteiger partial charge in [-0.15, -0.1) is 11.3 Å². The first-order valence-electron chi connectivity index (χ1n) is 6.86. The van der Waals surface area contributed by atoms with Crippen molar-refractivity contribution in [2.75, 3.05) is 26.2 Å². The van der Waals surface area contributed by atoms with E-state index in [1.165, 1.54) is 8.66 Å². The van der Waals surface area contributed by atoms with Gasteiger partial charge in [-0.3, -0.25) is 14.4 Å². The minimum Gasteiger partial charge on any atom is -0.336 e. The smallest absolute Gasteiger partial charge is 0.257 e. The van der Waals surface area contributed by atoms with Gasteiger partial charge in [0.15, 0.2) is 0 Å². The van der Waals surface area contributed by atoms with Crippen molar-refractivity contribution >= 4 is 33.2 Å². The van der Waals surface area contributed by atoms with E-state index < -0.39 is 0 Å². The van der Waals surface area contributed by atoms with Crippen molar-refractivity contribution in [1.29, 1.82) is 0 Å². The molecule has 0 spiro atoms. The van der Waals surface area contributed by atoms with Crippen molar-refractivity contribution in [1.82, 2.24) is 19.6 Å². The van der Waals surface area contributed by atoms with Gasteiger partial charge in [-0.1, -0.05) is 0 Å². The molecular formula is C14H17BrN4OS. The van der Waals surface area contributed by atoms with E-state index in [2.05, 4.69) is 38.1 Å². The van der Waals surface area contributed by atoms with E-state index in [9.17, 15) is 4.79 Å². The molecule has 3 rings (SSSR count). The predicted molar refractivity (Wildman–Crippen MR) is 86.4 cm³/mol. The average molecular weight is 369 g/mol.